The third-order valence-electron chi connectivity index (χ3n) is 10.5. The molecule has 168 valence electrons. The molecule has 4 rings (SSSR count). The average Bonchev–Trinajstić information content (AvgIpc) is 3.06. The van der Waals surface area contributed by atoms with Gasteiger partial charge in [-0.15, -0.1) is 0 Å². The van der Waals surface area contributed by atoms with E-state index in [0.29, 0.717) is 28.6 Å². The van der Waals surface area contributed by atoms with Crippen LogP contribution in [0.5, 0.6) is 0 Å². The van der Waals surface area contributed by atoms with Crippen LogP contribution in [0.4, 0.5) is 0 Å². The van der Waals surface area contributed by atoms with E-state index in [4.69, 9.17) is 0 Å². The molecule has 4 aliphatic carbocycles. The summed E-state index contributed by atoms with van der Waals surface area (Å²) in [6.07, 6.45) is 18.8. The molecule has 0 aromatic rings. The molecule has 0 radical (unpaired) electrons. The van der Waals surface area contributed by atoms with Gasteiger partial charge < -0.3 is 5.11 Å². The van der Waals surface area contributed by atoms with E-state index in [1.807, 2.05) is 5.57 Å². The predicted octanol–water partition coefficient (Wildman–Crippen LogP) is 7.72. The smallest absolute Gasteiger partial charge is 0.0543 e. The summed E-state index contributed by atoms with van der Waals surface area (Å²) < 4.78 is 0. The van der Waals surface area contributed by atoms with E-state index >= 15 is 0 Å². The quantitative estimate of drug-likeness (QED) is 0.460. The highest BCUT2D eigenvalue weighted by Gasteiger charge is 2.57. The van der Waals surface area contributed by atoms with Crippen LogP contribution in [0.15, 0.2) is 36.0 Å². The Kier molecular flexibility index (Phi) is 6.17. The second-order valence-corrected chi connectivity index (χ2v) is 12.0. The zero-order valence-electron chi connectivity index (χ0n) is 20.3. The highest BCUT2D eigenvalue weighted by molar-refractivity contribution is 5.28. The van der Waals surface area contributed by atoms with Crippen molar-refractivity contribution in [2.45, 2.75) is 98.5 Å². The summed E-state index contributed by atoms with van der Waals surface area (Å²) >= 11 is 0. The highest BCUT2D eigenvalue weighted by Crippen LogP contribution is 2.66. The predicted molar refractivity (Wildman–Crippen MR) is 128 cm³/mol. The SMILES string of the molecule is C=C(C)[C@H](/C=C/[C@H](C)[C@@H]1CC[C@@H]2C3=CC[C@@H]4C[C@H](O)CC[C@]4(C)[C@@H]3CC[C@]21C)CC. The van der Waals surface area contributed by atoms with Crippen molar-refractivity contribution < 1.29 is 5.11 Å². The first-order valence-electron chi connectivity index (χ1n) is 12.9. The summed E-state index contributed by atoms with van der Waals surface area (Å²) in [4.78, 5) is 0. The van der Waals surface area contributed by atoms with Gasteiger partial charge in [-0.3, -0.25) is 0 Å². The Labute approximate surface area is 186 Å². The van der Waals surface area contributed by atoms with Gasteiger partial charge in [-0.25, -0.2) is 0 Å². The van der Waals surface area contributed by atoms with E-state index in [2.05, 4.69) is 59.4 Å². The standard InChI is InChI=1S/C29H46O/c1-7-21(19(2)3)9-8-20(4)25-12-13-26-24-11-10-22-18-23(30)14-16-28(22,5)27(24)15-17-29(25,26)6/h8-9,11,20-23,25-27,30H,2,7,10,12-18H2,1,3-6H3/b9-8+/t20-,21-,22+,23+,25-,26+,27+,28-,29-/m0/s1. The zero-order chi connectivity index (χ0) is 21.7. The third-order valence-corrected chi connectivity index (χ3v) is 10.5. The molecule has 0 aromatic carbocycles. The minimum atomic E-state index is -0.0541. The van der Waals surface area contributed by atoms with Crippen molar-refractivity contribution in [2.24, 2.45) is 46.3 Å². The lowest BCUT2D eigenvalue weighted by molar-refractivity contribution is -0.0414. The van der Waals surface area contributed by atoms with Gasteiger partial charge in [-0.2, -0.15) is 0 Å². The maximum atomic E-state index is 10.3. The highest BCUT2D eigenvalue weighted by atomic mass is 16.3. The van der Waals surface area contributed by atoms with Crippen molar-refractivity contribution in [1.29, 1.82) is 0 Å². The van der Waals surface area contributed by atoms with Crippen molar-refractivity contribution in [1.82, 2.24) is 0 Å². The molecule has 0 aromatic heterocycles. The summed E-state index contributed by atoms with van der Waals surface area (Å²) in [6, 6.07) is 0. The molecule has 3 saturated carbocycles. The summed E-state index contributed by atoms with van der Waals surface area (Å²) in [5.74, 6) is 4.27. The van der Waals surface area contributed by atoms with Gasteiger partial charge in [-0.1, -0.05) is 63.6 Å². The molecule has 0 saturated heterocycles. The Balaban J connectivity index is 1.54. The first-order valence-corrected chi connectivity index (χ1v) is 12.9. The third kappa shape index (κ3) is 3.58. The molecule has 0 amide bonds. The average molecular weight is 411 g/mol. The Morgan fingerprint density at radius 3 is 2.53 bits per heavy atom. The lowest BCUT2D eigenvalue weighted by Crippen LogP contribution is -2.49. The second kappa shape index (κ2) is 8.27. The van der Waals surface area contributed by atoms with Gasteiger partial charge in [0.05, 0.1) is 6.10 Å². The van der Waals surface area contributed by atoms with Crippen molar-refractivity contribution in [3.05, 3.63) is 36.0 Å². The van der Waals surface area contributed by atoms with E-state index in [9.17, 15) is 5.11 Å². The van der Waals surface area contributed by atoms with Gasteiger partial charge in [0.25, 0.3) is 0 Å². The number of aliphatic hydroxyl groups is 1. The number of hydrogen-bond donors (Lipinski definition) is 1. The zero-order valence-corrected chi connectivity index (χ0v) is 20.3. The Hall–Kier alpha value is -0.820. The molecular weight excluding hydrogens is 364 g/mol. The number of allylic oxidation sites excluding steroid dienone is 5. The maximum Gasteiger partial charge on any atom is 0.0543 e. The fourth-order valence-electron chi connectivity index (χ4n) is 8.49. The summed E-state index contributed by atoms with van der Waals surface area (Å²) in [5, 5.41) is 10.3. The first-order chi connectivity index (χ1) is 14.2. The van der Waals surface area contributed by atoms with Gasteiger partial charge in [0.15, 0.2) is 0 Å². The van der Waals surface area contributed by atoms with Crippen molar-refractivity contribution >= 4 is 0 Å². The van der Waals surface area contributed by atoms with Crippen LogP contribution in [0, 0.1) is 46.3 Å². The van der Waals surface area contributed by atoms with Crippen LogP contribution < -0.4 is 0 Å². The van der Waals surface area contributed by atoms with Gasteiger partial charge in [0, 0.05) is 0 Å². The van der Waals surface area contributed by atoms with E-state index in [1.54, 1.807) is 0 Å². The van der Waals surface area contributed by atoms with Gasteiger partial charge in [-0.05, 0) is 111 Å². The van der Waals surface area contributed by atoms with Gasteiger partial charge >= 0.3 is 0 Å². The Morgan fingerprint density at radius 2 is 1.83 bits per heavy atom. The molecule has 0 unspecified atom stereocenters. The van der Waals surface area contributed by atoms with E-state index in [1.165, 1.54) is 44.1 Å². The molecule has 1 heteroatoms. The van der Waals surface area contributed by atoms with E-state index in [0.717, 1.165) is 37.0 Å². The molecule has 0 heterocycles. The summed E-state index contributed by atoms with van der Waals surface area (Å²) in [5.41, 5.74) is 4.04. The van der Waals surface area contributed by atoms with Crippen LogP contribution in [-0.2, 0) is 0 Å². The molecule has 1 nitrogen and oxygen atoms in total. The Bertz CT molecular complexity index is 716. The van der Waals surface area contributed by atoms with Crippen LogP contribution in [0.2, 0.25) is 0 Å². The molecule has 0 aliphatic heterocycles. The molecule has 3 fully saturated rings. The molecule has 30 heavy (non-hydrogen) atoms. The van der Waals surface area contributed by atoms with Gasteiger partial charge in [0.2, 0.25) is 0 Å². The van der Waals surface area contributed by atoms with Gasteiger partial charge in [0.1, 0.15) is 0 Å². The Morgan fingerprint density at radius 1 is 1.13 bits per heavy atom. The molecule has 0 bridgehead atoms. The fourth-order valence-corrected chi connectivity index (χ4v) is 8.49. The number of fused-ring (bicyclic) bond motifs is 5. The number of rotatable bonds is 5. The van der Waals surface area contributed by atoms with Crippen LogP contribution in [-0.4, -0.2) is 11.2 Å². The number of hydrogen-bond acceptors (Lipinski definition) is 1. The lowest BCUT2D eigenvalue weighted by atomic mass is 9.47. The van der Waals surface area contributed by atoms with Crippen LogP contribution in [0.25, 0.3) is 0 Å². The minimum Gasteiger partial charge on any atom is -0.393 e. The summed E-state index contributed by atoms with van der Waals surface area (Å²) in [6.45, 7) is 16.3. The van der Waals surface area contributed by atoms with Crippen LogP contribution >= 0.6 is 0 Å². The van der Waals surface area contributed by atoms with Crippen LogP contribution in [0.1, 0.15) is 92.4 Å². The van der Waals surface area contributed by atoms with E-state index in [-0.39, 0.29) is 6.10 Å². The van der Waals surface area contributed by atoms with Crippen molar-refractivity contribution in [2.75, 3.05) is 0 Å². The molecular formula is C29H46O. The van der Waals surface area contributed by atoms with Crippen molar-refractivity contribution in [3.8, 4) is 0 Å². The largest absolute Gasteiger partial charge is 0.393 e. The topological polar surface area (TPSA) is 20.2 Å². The molecule has 0 spiro atoms. The second-order valence-electron chi connectivity index (χ2n) is 12.0. The normalized spacial score (nSPS) is 45.3. The van der Waals surface area contributed by atoms with Crippen molar-refractivity contribution in [3.63, 3.8) is 0 Å². The summed E-state index contributed by atoms with van der Waals surface area (Å²) in [7, 11) is 0. The molecule has 9 atom stereocenters. The minimum absolute atomic E-state index is 0.0541. The molecule has 1 N–H and O–H groups in total. The fraction of sp³-hybridized carbons (Fsp3) is 0.793. The van der Waals surface area contributed by atoms with E-state index < -0.39 is 0 Å². The number of aliphatic hydroxyl groups excluding tert-OH is 1. The lowest BCUT2D eigenvalue weighted by Gasteiger charge is -2.57. The monoisotopic (exact) mass is 410 g/mol. The molecule has 4 aliphatic rings. The first kappa shape index (κ1) is 22.4. The maximum absolute atomic E-state index is 10.3. The van der Waals surface area contributed by atoms with Crippen LogP contribution in [0.3, 0.4) is 0 Å².